The molecule has 0 saturated carbocycles. The molecule has 2 rings (SSSR count). The number of carbonyl (C=O) groups is 2. The highest BCUT2D eigenvalue weighted by Crippen LogP contribution is 2.35. The Balaban J connectivity index is 1.93. The summed E-state index contributed by atoms with van der Waals surface area (Å²) >= 11 is 0. The van der Waals surface area contributed by atoms with Crippen LogP contribution in [0.4, 0.5) is 4.39 Å². The fourth-order valence-corrected chi connectivity index (χ4v) is 3.08. The monoisotopic (exact) mass is 337 g/mol. The van der Waals surface area contributed by atoms with Crippen LogP contribution in [0, 0.1) is 5.82 Å². The van der Waals surface area contributed by atoms with Gasteiger partial charge in [0.05, 0.1) is 5.41 Å². The number of rotatable bonds is 8. The van der Waals surface area contributed by atoms with Gasteiger partial charge in [-0.2, -0.15) is 0 Å². The highest BCUT2D eigenvalue weighted by molar-refractivity contribution is 5.88. The fraction of sp³-hybridized carbons (Fsp3) is 0.556. The van der Waals surface area contributed by atoms with Crippen molar-refractivity contribution in [3.8, 4) is 0 Å². The van der Waals surface area contributed by atoms with Crippen LogP contribution in [0.1, 0.15) is 44.1 Å². The van der Waals surface area contributed by atoms with Crippen molar-refractivity contribution >= 4 is 11.9 Å². The molecular formula is C18H24FNO4. The van der Waals surface area contributed by atoms with Gasteiger partial charge < -0.3 is 15.2 Å². The van der Waals surface area contributed by atoms with Crippen LogP contribution in [0.15, 0.2) is 24.3 Å². The van der Waals surface area contributed by atoms with E-state index in [-0.39, 0.29) is 18.1 Å². The summed E-state index contributed by atoms with van der Waals surface area (Å²) in [5.41, 5.74) is 0.142. The van der Waals surface area contributed by atoms with Crippen LogP contribution < -0.4 is 5.32 Å². The Morgan fingerprint density at radius 3 is 2.42 bits per heavy atom. The lowest BCUT2D eigenvalue weighted by Gasteiger charge is -2.36. The molecule has 1 amide bonds. The second kappa shape index (κ2) is 8.78. The van der Waals surface area contributed by atoms with Crippen LogP contribution in [0.3, 0.4) is 0 Å². The van der Waals surface area contributed by atoms with Crippen LogP contribution in [-0.4, -0.2) is 36.7 Å². The summed E-state index contributed by atoms with van der Waals surface area (Å²) < 4.78 is 18.6. The average molecular weight is 337 g/mol. The first-order valence-corrected chi connectivity index (χ1v) is 8.38. The number of carbonyl (C=O) groups excluding carboxylic acids is 1. The Bertz CT molecular complexity index is 553. The Morgan fingerprint density at radius 1 is 1.12 bits per heavy atom. The first-order valence-electron chi connectivity index (χ1n) is 8.38. The van der Waals surface area contributed by atoms with E-state index in [1.54, 1.807) is 12.1 Å². The fourth-order valence-electron chi connectivity index (χ4n) is 3.08. The number of hydrogen-bond donors (Lipinski definition) is 2. The molecule has 0 radical (unpaired) electrons. The minimum Gasteiger partial charge on any atom is -0.481 e. The molecule has 132 valence electrons. The van der Waals surface area contributed by atoms with E-state index in [0.717, 1.165) is 18.4 Å². The predicted molar refractivity (Wildman–Crippen MR) is 87.2 cm³/mol. The molecule has 1 saturated heterocycles. The number of ether oxygens (including phenoxy) is 1. The molecule has 1 aliphatic heterocycles. The third kappa shape index (κ3) is 4.77. The molecular weight excluding hydrogens is 313 g/mol. The van der Waals surface area contributed by atoms with Crippen LogP contribution in [0.5, 0.6) is 0 Å². The van der Waals surface area contributed by atoms with Crippen molar-refractivity contribution in [1.29, 1.82) is 0 Å². The van der Waals surface area contributed by atoms with E-state index in [0.29, 0.717) is 39.0 Å². The Labute approximate surface area is 141 Å². The minimum atomic E-state index is -0.795. The van der Waals surface area contributed by atoms with E-state index in [1.807, 2.05) is 0 Å². The molecule has 24 heavy (non-hydrogen) atoms. The van der Waals surface area contributed by atoms with Crippen LogP contribution >= 0.6 is 0 Å². The minimum absolute atomic E-state index is 0.0596. The summed E-state index contributed by atoms with van der Waals surface area (Å²) in [7, 11) is 0. The van der Waals surface area contributed by atoms with E-state index in [9.17, 15) is 14.0 Å². The summed E-state index contributed by atoms with van der Waals surface area (Å²) in [6, 6.07) is 6.11. The quantitative estimate of drug-likeness (QED) is 0.715. The Hall–Kier alpha value is -1.95. The highest BCUT2D eigenvalue weighted by Gasteiger charge is 2.41. The number of benzene rings is 1. The number of halogens is 1. The number of unbranched alkanes of at least 4 members (excludes halogenated alkanes) is 2. The van der Waals surface area contributed by atoms with Gasteiger partial charge in [-0.3, -0.25) is 9.59 Å². The summed E-state index contributed by atoms with van der Waals surface area (Å²) in [5.74, 6) is -1.17. The predicted octanol–water partition coefficient (Wildman–Crippen LogP) is 2.64. The molecule has 5 nitrogen and oxygen atoms in total. The lowest BCUT2D eigenvalue weighted by Crippen LogP contribution is -2.48. The number of carboxylic acid groups (broad SMARTS) is 1. The molecule has 0 spiro atoms. The molecule has 1 aliphatic rings. The SMILES string of the molecule is O=C(O)CCCCCNC(=O)C1(c2ccc(F)cc2)CCOCC1. The molecule has 0 aliphatic carbocycles. The Morgan fingerprint density at radius 2 is 1.79 bits per heavy atom. The van der Waals surface area contributed by atoms with Crippen LogP contribution in [0.2, 0.25) is 0 Å². The zero-order chi connectivity index (χ0) is 17.4. The number of hydrogen-bond acceptors (Lipinski definition) is 3. The summed E-state index contributed by atoms with van der Waals surface area (Å²) in [6.07, 6.45) is 3.42. The average Bonchev–Trinajstić information content (AvgIpc) is 2.58. The lowest BCUT2D eigenvalue weighted by atomic mass is 9.73. The van der Waals surface area contributed by atoms with Crippen molar-refractivity contribution in [3.63, 3.8) is 0 Å². The molecule has 0 unspecified atom stereocenters. The van der Waals surface area contributed by atoms with Gasteiger partial charge in [0, 0.05) is 26.2 Å². The van der Waals surface area contributed by atoms with E-state index < -0.39 is 11.4 Å². The third-order valence-corrected chi connectivity index (χ3v) is 4.53. The van der Waals surface area contributed by atoms with E-state index in [4.69, 9.17) is 9.84 Å². The van der Waals surface area contributed by atoms with Gasteiger partial charge >= 0.3 is 5.97 Å². The van der Waals surface area contributed by atoms with Gasteiger partial charge in [0.25, 0.3) is 0 Å². The smallest absolute Gasteiger partial charge is 0.303 e. The van der Waals surface area contributed by atoms with Crippen LogP contribution in [0.25, 0.3) is 0 Å². The second-order valence-corrected chi connectivity index (χ2v) is 6.16. The summed E-state index contributed by atoms with van der Waals surface area (Å²) in [4.78, 5) is 23.3. The molecule has 1 fully saturated rings. The zero-order valence-corrected chi connectivity index (χ0v) is 13.7. The van der Waals surface area contributed by atoms with Gasteiger partial charge in [-0.15, -0.1) is 0 Å². The Kier molecular flexibility index (Phi) is 6.73. The van der Waals surface area contributed by atoms with Gasteiger partial charge in [0.15, 0.2) is 0 Å². The van der Waals surface area contributed by atoms with E-state index >= 15 is 0 Å². The number of aliphatic carboxylic acids is 1. The van der Waals surface area contributed by atoms with Gasteiger partial charge in [-0.25, -0.2) is 4.39 Å². The van der Waals surface area contributed by atoms with Gasteiger partial charge in [0.2, 0.25) is 5.91 Å². The van der Waals surface area contributed by atoms with E-state index in [1.165, 1.54) is 12.1 Å². The lowest BCUT2D eigenvalue weighted by molar-refractivity contribution is -0.137. The third-order valence-electron chi connectivity index (χ3n) is 4.53. The van der Waals surface area contributed by atoms with Gasteiger partial charge in [-0.05, 0) is 43.4 Å². The zero-order valence-electron chi connectivity index (χ0n) is 13.7. The maximum atomic E-state index is 13.2. The summed E-state index contributed by atoms with van der Waals surface area (Å²) in [6.45, 7) is 1.52. The molecule has 0 atom stereocenters. The number of amides is 1. The largest absolute Gasteiger partial charge is 0.481 e. The normalized spacial score (nSPS) is 16.5. The second-order valence-electron chi connectivity index (χ2n) is 6.16. The van der Waals surface area contributed by atoms with E-state index in [2.05, 4.69) is 5.32 Å². The standard InChI is InChI=1S/C18H24FNO4/c19-15-7-5-14(6-8-15)18(9-12-24-13-10-18)17(23)20-11-3-1-2-4-16(21)22/h5-8H,1-4,9-13H2,(H,20,23)(H,21,22). The maximum Gasteiger partial charge on any atom is 0.303 e. The molecule has 1 aromatic carbocycles. The van der Waals surface area contributed by atoms with Gasteiger partial charge in [-0.1, -0.05) is 18.6 Å². The number of nitrogens with one attached hydrogen (secondary N) is 1. The molecule has 0 aromatic heterocycles. The summed E-state index contributed by atoms with van der Waals surface area (Å²) in [5, 5.41) is 11.6. The van der Waals surface area contributed by atoms with Crippen molar-refractivity contribution in [2.24, 2.45) is 0 Å². The molecule has 1 heterocycles. The highest BCUT2D eigenvalue weighted by atomic mass is 19.1. The van der Waals surface area contributed by atoms with Crippen molar-refractivity contribution < 1.29 is 23.8 Å². The van der Waals surface area contributed by atoms with Gasteiger partial charge in [0.1, 0.15) is 5.82 Å². The maximum absolute atomic E-state index is 13.2. The molecule has 1 aromatic rings. The first kappa shape index (κ1) is 18.4. The van der Waals surface area contributed by atoms with Crippen molar-refractivity contribution in [2.75, 3.05) is 19.8 Å². The molecule has 2 N–H and O–H groups in total. The van der Waals surface area contributed by atoms with Crippen LogP contribution in [-0.2, 0) is 19.7 Å². The molecule has 0 bridgehead atoms. The van der Waals surface area contributed by atoms with Crippen molar-refractivity contribution in [3.05, 3.63) is 35.6 Å². The number of carboxylic acids is 1. The van der Waals surface area contributed by atoms with Crippen molar-refractivity contribution in [1.82, 2.24) is 5.32 Å². The van der Waals surface area contributed by atoms with Crippen molar-refractivity contribution in [2.45, 2.75) is 43.9 Å². The topological polar surface area (TPSA) is 75.6 Å². The molecule has 6 heteroatoms. The first-order chi connectivity index (χ1) is 11.5.